The third-order valence-corrected chi connectivity index (χ3v) is 5.34. The van der Waals surface area contributed by atoms with Crippen molar-refractivity contribution in [2.75, 3.05) is 13.6 Å². The lowest BCUT2D eigenvalue weighted by Crippen LogP contribution is -2.62. The molecule has 20 heavy (non-hydrogen) atoms. The smallest absolute Gasteiger partial charge is 0.127 e. The van der Waals surface area contributed by atoms with E-state index in [1.807, 2.05) is 12.1 Å². The van der Waals surface area contributed by atoms with Gasteiger partial charge in [0, 0.05) is 24.2 Å². The second kappa shape index (κ2) is 5.82. The highest BCUT2D eigenvalue weighted by Gasteiger charge is 2.48. The predicted molar refractivity (Wildman–Crippen MR) is 81.9 cm³/mol. The summed E-state index contributed by atoms with van der Waals surface area (Å²) in [6, 6.07) is 7.03. The Morgan fingerprint density at radius 1 is 1.20 bits per heavy atom. The largest absolute Gasteiger partial charge is 0.329 e. The highest BCUT2D eigenvalue weighted by Crippen LogP contribution is 2.46. The molecule has 2 rings (SSSR count). The Morgan fingerprint density at radius 3 is 2.45 bits per heavy atom. The minimum Gasteiger partial charge on any atom is -0.329 e. The van der Waals surface area contributed by atoms with Crippen LogP contribution in [0, 0.1) is 11.2 Å². The Hall–Kier alpha value is -0.930. The van der Waals surface area contributed by atoms with Crippen LogP contribution >= 0.6 is 0 Å². The molecule has 1 aromatic carbocycles. The predicted octanol–water partition coefficient (Wildman–Crippen LogP) is 3.56. The summed E-state index contributed by atoms with van der Waals surface area (Å²) >= 11 is 0. The van der Waals surface area contributed by atoms with E-state index in [2.05, 4.69) is 25.8 Å². The number of hydrogen-bond acceptors (Lipinski definition) is 2. The molecule has 0 aliphatic heterocycles. The van der Waals surface area contributed by atoms with Crippen molar-refractivity contribution in [3.05, 3.63) is 35.6 Å². The van der Waals surface area contributed by atoms with E-state index in [4.69, 9.17) is 5.73 Å². The third kappa shape index (κ3) is 2.61. The quantitative estimate of drug-likeness (QED) is 0.912. The Kier molecular flexibility index (Phi) is 4.50. The topological polar surface area (TPSA) is 29.3 Å². The van der Waals surface area contributed by atoms with Crippen LogP contribution in [0.1, 0.15) is 45.1 Å². The average molecular weight is 278 g/mol. The van der Waals surface area contributed by atoms with Gasteiger partial charge in [-0.15, -0.1) is 0 Å². The second-order valence-electron chi connectivity index (χ2n) is 6.77. The standard InChI is InChI=1S/C17H27FN2/c1-16(2)10-6-7-11-17(16,13-19)20(3)12-14-8-4-5-9-15(14)18/h4-5,8-9H,6-7,10-13,19H2,1-3H3. The maximum absolute atomic E-state index is 13.9. The number of nitrogens with two attached hydrogens (primary N) is 1. The summed E-state index contributed by atoms with van der Waals surface area (Å²) in [6.45, 7) is 5.85. The Balaban J connectivity index is 2.25. The van der Waals surface area contributed by atoms with E-state index in [-0.39, 0.29) is 16.8 Å². The van der Waals surface area contributed by atoms with Crippen LogP contribution in [0.15, 0.2) is 24.3 Å². The zero-order valence-electron chi connectivity index (χ0n) is 13.0. The molecule has 0 radical (unpaired) electrons. The van der Waals surface area contributed by atoms with Gasteiger partial charge in [0.2, 0.25) is 0 Å². The van der Waals surface area contributed by atoms with Gasteiger partial charge in [0.05, 0.1) is 0 Å². The first-order chi connectivity index (χ1) is 9.43. The lowest BCUT2D eigenvalue weighted by molar-refractivity contribution is -0.0339. The molecule has 1 aliphatic rings. The molecule has 0 amide bonds. The fourth-order valence-electron chi connectivity index (χ4n) is 3.83. The molecule has 1 aromatic rings. The Bertz CT molecular complexity index is 458. The van der Waals surface area contributed by atoms with Gasteiger partial charge >= 0.3 is 0 Å². The fourth-order valence-corrected chi connectivity index (χ4v) is 3.83. The van der Waals surface area contributed by atoms with Gasteiger partial charge in [0.25, 0.3) is 0 Å². The second-order valence-corrected chi connectivity index (χ2v) is 6.77. The Morgan fingerprint density at radius 2 is 1.85 bits per heavy atom. The van der Waals surface area contributed by atoms with Gasteiger partial charge in [0.15, 0.2) is 0 Å². The van der Waals surface area contributed by atoms with Gasteiger partial charge in [-0.3, -0.25) is 4.90 Å². The number of nitrogens with zero attached hydrogens (tertiary/aromatic N) is 1. The van der Waals surface area contributed by atoms with Gasteiger partial charge in [0.1, 0.15) is 5.82 Å². The number of hydrogen-bond donors (Lipinski definition) is 1. The van der Waals surface area contributed by atoms with Gasteiger partial charge in [-0.2, -0.15) is 0 Å². The van der Waals surface area contributed by atoms with Crippen molar-refractivity contribution in [3.63, 3.8) is 0 Å². The van der Waals surface area contributed by atoms with Crippen molar-refractivity contribution in [2.24, 2.45) is 11.1 Å². The number of halogens is 1. The first-order valence-corrected chi connectivity index (χ1v) is 7.58. The molecule has 2 nitrogen and oxygen atoms in total. The van der Waals surface area contributed by atoms with E-state index in [1.54, 1.807) is 6.07 Å². The minimum atomic E-state index is -0.125. The molecule has 1 aliphatic carbocycles. The van der Waals surface area contributed by atoms with Crippen LogP contribution in [0.2, 0.25) is 0 Å². The molecule has 1 atom stereocenters. The maximum atomic E-state index is 13.9. The molecule has 3 heteroatoms. The summed E-state index contributed by atoms with van der Waals surface area (Å²) in [7, 11) is 2.09. The zero-order chi connectivity index (χ0) is 14.8. The van der Waals surface area contributed by atoms with Crippen LogP contribution in [-0.2, 0) is 6.54 Å². The van der Waals surface area contributed by atoms with E-state index in [0.717, 1.165) is 12.0 Å². The molecule has 1 fully saturated rings. The summed E-state index contributed by atoms with van der Waals surface area (Å²) in [4.78, 5) is 2.28. The van der Waals surface area contributed by atoms with Crippen molar-refractivity contribution in [1.82, 2.24) is 4.90 Å². The highest BCUT2D eigenvalue weighted by molar-refractivity contribution is 5.18. The summed E-state index contributed by atoms with van der Waals surface area (Å²) in [5.41, 5.74) is 7.06. The maximum Gasteiger partial charge on any atom is 0.127 e. The zero-order valence-corrected chi connectivity index (χ0v) is 13.0. The molecule has 0 saturated heterocycles. The van der Waals surface area contributed by atoms with Crippen LogP contribution in [0.3, 0.4) is 0 Å². The molecule has 1 saturated carbocycles. The number of likely N-dealkylation sites (N-methyl/N-ethyl adjacent to an activating group) is 1. The summed E-state index contributed by atoms with van der Waals surface area (Å²) in [6.07, 6.45) is 4.76. The molecule has 112 valence electrons. The van der Waals surface area contributed by atoms with Crippen molar-refractivity contribution < 1.29 is 4.39 Å². The van der Waals surface area contributed by atoms with Gasteiger partial charge in [-0.1, -0.05) is 44.9 Å². The molecular weight excluding hydrogens is 251 g/mol. The molecule has 0 aromatic heterocycles. The Labute approximate surface area is 122 Å². The van der Waals surface area contributed by atoms with Crippen molar-refractivity contribution in [1.29, 1.82) is 0 Å². The SMILES string of the molecule is CN(Cc1ccccc1F)C1(CN)CCCCC1(C)C. The first-order valence-electron chi connectivity index (χ1n) is 7.58. The van der Waals surface area contributed by atoms with Crippen LogP contribution < -0.4 is 5.73 Å². The van der Waals surface area contributed by atoms with E-state index in [0.29, 0.717) is 13.1 Å². The van der Waals surface area contributed by atoms with E-state index in [1.165, 1.54) is 25.3 Å². The molecule has 0 bridgehead atoms. The van der Waals surface area contributed by atoms with Crippen molar-refractivity contribution in [2.45, 2.75) is 51.6 Å². The number of benzene rings is 1. The molecule has 0 heterocycles. The van der Waals surface area contributed by atoms with Gasteiger partial charge in [-0.05, 0) is 31.4 Å². The van der Waals surface area contributed by atoms with E-state index in [9.17, 15) is 4.39 Å². The summed E-state index contributed by atoms with van der Waals surface area (Å²) < 4.78 is 13.9. The van der Waals surface area contributed by atoms with E-state index >= 15 is 0 Å². The summed E-state index contributed by atoms with van der Waals surface area (Å²) in [5.74, 6) is -0.125. The van der Waals surface area contributed by atoms with Crippen LogP contribution in [0.4, 0.5) is 4.39 Å². The molecule has 1 unspecified atom stereocenters. The first kappa shape index (κ1) is 15.5. The molecular formula is C17H27FN2. The van der Waals surface area contributed by atoms with Crippen molar-refractivity contribution in [3.8, 4) is 0 Å². The highest BCUT2D eigenvalue weighted by atomic mass is 19.1. The third-order valence-electron chi connectivity index (χ3n) is 5.34. The fraction of sp³-hybridized carbons (Fsp3) is 0.647. The van der Waals surface area contributed by atoms with Gasteiger partial charge in [-0.25, -0.2) is 4.39 Å². The minimum absolute atomic E-state index is 0.0342. The van der Waals surface area contributed by atoms with Crippen LogP contribution in [0.5, 0.6) is 0 Å². The lowest BCUT2D eigenvalue weighted by Gasteiger charge is -2.55. The molecule has 0 spiro atoms. The van der Waals surface area contributed by atoms with Crippen LogP contribution in [0.25, 0.3) is 0 Å². The summed E-state index contributed by atoms with van der Waals surface area (Å²) in [5, 5.41) is 0. The average Bonchev–Trinajstić information content (AvgIpc) is 2.41. The number of rotatable bonds is 4. The van der Waals surface area contributed by atoms with Gasteiger partial charge < -0.3 is 5.73 Å². The lowest BCUT2D eigenvalue weighted by atomic mass is 9.62. The van der Waals surface area contributed by atoms with Crippen LogP contribution in [-0.4, -0.2) is 24.0 Å². The van der Waals surface area contributed by atoms with Crippen molar-refractivity contribution >= 4 is 0 Å². The van der Waals surface area contributed by atoms with E-state index < -0.39 is 0 Å². The monoisotopic (exact) mass is 278 g/mol. The molecule has 2 N–H and O–H groups in total. The normalized spacial score (nSPS) is 25.9.